The van der Waals surface area contributed by atoms with E-state index in [-0.39, 0.29) is 0 Å². The molecule has 1 aromatic heterocycles. The number of hydrogen-bond donors (Lipinski definition) is 0. The largest absolute Gasteiger partial charge is 0.456 e. The fourth-order valence-corrected chi connectivity index (χ4v) is 2.31. The normalized spacial score (nSPS) is 13.2. The lowest BCUT2D eigenvalue weighted by Gasteiger charge is -2.12. The van der Waals surface area contributed by atoms with Crippen molar-refractivity contribution in [2.45, 2.75) is 32.6 Å². The number of rotatable bonds is 2. The van der Waals surface area contributed by atoms with E-state index >= 15 is 0 Å². The molecule has 18 heavy (non-hydrogen) atoms. The number of ether oxygens (including phenoxy) is 1. The van der Waals surface area contributed by atoms with Crippen molar-refractivity contribution in [2.24, 2.45) is 0 Å². The van der Waals surface area contributed by atoms with Gasteiger partial charge in [-0.05, 0) is 50.2 Å². The first-order valence-corrected chi connectivity index (χ1v) is 6.30. The number of fused-ring (bicyclic) bond motifs is 1. The van der Waals surface area contributed by atoms with E-state index < -0.39 is 5.97 Å². The molecule has 1 aromatic rings. The van der Waals surface area contributed by atoms with Gasteiger partial charge in [0.2, 0.25) is 0 Å². The summed E-state index contributed by atoms with van der Waals surface area (Å²) in [7, 11) is 0. The molecular formula is C15H17NO2. The van der Waals surface area contributed by atoms with Crippen LogP contribution in [0.15, 0.2) is 12.6 Å². The molecule has 1 heterocycles. The van der Waals surface area contributed by atoms with E-state index in [0.29, 0.717) is 6.61 Å². The summed E-state index contributed by atoms with van der Waals surface area (Å²) < 4.78 is 6.78. The molecule has 0 aliphatic heterocycles. The molecule has 0 N–H and O–H groups in total. The van der Waals surface area contributed by atoms with Crippen LogP contribution in [-0.4, -0.2) is 17.1 Å². The Morgan fingerprint density at radius 2 is 2.33 bits per heavy atom. The molecule has 1 aliphatic carbocycles. The lowest BCUT2D eigenvalue weighted by atomic mass is 9.98. The van der Waals surface area contributed by atoms with Gasteiger partial charge in [0.25, 0.3) is 0 Å². The van der Waals surface area contributed by atoms with Crippen LogP contribution in [0, 0.1) is 11.8 Å². The zero-order valence-electron chi connectivity index (χ0n) is 10.7. The van der Waals surface area contributed by atoms with E-state index in [1.54, 1.807) is 13.1 Å². The molecule has 0 saturated heterocycles. The molecular weight excluding hydrogens is 226 g/mol. The minimum absolute atomic E-state index is 0.354. The molecule has 3 nitrogen and oxygen atoms in total. The second kappa shape index (κ2) is 5.59. The van der Waals surface area contributed by atoms with Gasteiger partial charge in [0.15, 0.2) is 0 Å². The van der Waals surface area contributed by atoms with Gasteiger partial charge in [-0.2, -0.15) is 0 Å². The summed E-state index contributed by atoms with van der Waals surface area (Å²) in [5.41, 5.74) is 3.43. The molecule has 0 bridgehead atoms. The lowest BCUT2D eigenvalue weighted by molar-refractivity contribution is -0.136. The van der Waals surface area contributed by atoms with Crippen LogP contribution < -0.4 is 0 Å². The summed E-state index contributed by atoms with van der Waals surface area (Å²) in [6, 6.07) is 2.06. The van der Waals surface area contributed by atoms with Gasteiger partial charge in [0, 0.05) is 17.8 Å². The molecule has 2 rings (SSSR count). The van der Waals surface area contributed by atoms with E-state index in [2.05, 4.69) is 24.5 Å². The average molecular weight is 243 g/mol. The molecule has 0 aromatic carbocycles. The molecule has 0 radical (unpaired) electrons. The molecule has 0 amide bonds. The van der Waals surface area contributed by atoms with Crippen LogP contribution in [0.1, 0.15) is 36.7 Å². The van der Waals surface area contributed by atoms with E-state index in [1.807, 2.05) is 4.57 Å². The Morgan fingerprint density at radius 1 is 1.56 bits per heavy atom. The summed E-state index contributed by atoms with van der Waals surface area (Å²) >= 11 is 0. The van der Waals surface area contributed by atoms with Crippen molar-refractivity contribution in [1.82, 2.24) is 4.57 Å². The Bertz CT molecular complexity index is 529. The molecule has 0 fully saturated rings. The van der Waals surface area contributed by atoms with Crippen LogP contribution >= 0.6 is 0 Å². The minimum atomic E-state index is -0.479. The van der Waals surface area contributed by atoms with Crippen molar-refractivity contribution in [1.29, 1.82) is 0 Å². The predicted octanol–water partition coefficient (Wildman–Crippen LogP) is 2.38. The quantitative estimate of drug-likeness (QED) is 0.590. The highest BCUT2D eigenvalue weighted by atomic mass is 16.5. The Balaban J connectivity index is 2.30. The van der Waals surface area contributed by atoms with Crippen molar-refractivity contribution in [2.75, 3.05) is 6.61 Å². The van der Waals surface area contributed by atoms with Crippen LogP contribution in [0.2, 0.25) is 0 Å². The monoisotopic (exact) mass is 243 g/mol. The van der Waals surface area contributed by atoms with Crippen molar-refractivity contribution >= 4 is 12.2 Å². The topological polar surface area (TPSA) is 31.2 Å². The van der Waals surface area contributed by atoms with Crippen molar-refractivity contribution in [3.8, 4) is 11.8 Å². The zero-order valence-corrected chi connectivity index (χ0v) is 10.7. The number of carbonyl (C=O) groups is 1. The van der Waals surface area contributed by atoms with E-state index in [4.69, 9.17) is 4.74 Å². The maximum Gasteiger partial charge on any atom is 0.384 e. The first-order chi connectivity index (χ1) is 8.76. The number of aromatic nitrogens is 1. The highest BCUT2D eigenvalue weighted by Crippen LogP contribution is 2.24. The second-order valence-electron chi connectivity index (χ2n) is 4.23. The van der Waals surface area contributed by atoms with E-state index in [1.165, 1.54) is 24.1 Å². The van der Waals surface area contributed by atoms with E-state index in [9.17, 15) is 4.79 Å². The zero-order chi connectivity index (χ0) is 13.0. The number of esters is 1. The predicted molar refractivity (Wildman–Crippen MR) is 71.0 cm³/mol. The lowest BCUT2D eigenvalue weighted by Crippen LogP contribution is -2.05. The van der Waals surface area contributed by atoms with Crippen LogP contribution in [0.25, 0.3) is 6.20 Å². The van der Waals surface area contributed by atoms with Gasteiger partial charge < -0.3 is 9.30 Å². The standard InChI is InChI=1S/C15H17NO2/c1-3-16-13(9-10-15(17)18-4-2)11-12-7-5-6-8-14(12)16/h3,11H,1,4-8H2,2H3. The number of carbonyl (C=O) groups excluding carboxylic acids is 1. The van der Waals surface area contributed by atoms with E-state index in [0.717, 1.165) is 18.5 Å². The Hall–Kier alpha value is -1.95. The van der Waals surface area contributed by atoms with Gasteiger partial charge >= 0.3 is 5.97 Å². The third-order valence-corrected chi connectivity index (χ3v) is 3.09. The van der Waals surface area contributed by atoms with Crippen LogP contribution in [0.5, 0.6) is 0 Å². The second-order valence-corrected chi connectivity index (χ2v) is 4.23. The van der Waals surface area contributed by atoms with Crippen molar-refractivity contribution in [3.63, 3.8) is 0 Å². The smallest absolute Gasteiger partial charge is 0.384 e. The third kappa shape index (κ3) is 2.48. The molecule has 3 heteroatoms. The van der Waals surface area contributed by atoms with Gasteiger partial charge in [-0.15, -0.1) is 0 Å². The number of hydrogen-bond acceptors (Lipinski definition) is 2. The number of nitrogens with zero attached hydrogens (tertiary/aromatic N) is 1. The third-order valence-electron chi connectivity index (χ3n) is 3.09. The Morgan fingerprint density at radius 3 is 3.06 bits per heavy atom. The van der Waals surface area contributed by atoms with Crippen LogP contribution in [0.3, 0.4) is 0 Å². The summed E-state index contributed by atoms with van der Waals surface area (Å²) in [6.07, 6.45) is 6.33. The first kappa shape index (κ1) is 12.5. The summed E-state index contributed by atoms with van der Waals surface area (Å²) in [5.74, 6) is 4.90. The minimum Gasteiger partial charge on any atom is -0.456 e. The summed E-state index contributed by atoms with van der Waals surface area (Å²) in [6.45, 7) is 5.94. The molecule has 0 atom stereocenters. The molecule has 1 aliphatic rings. The highest BCUT2D eigenvalue weighted by Gasteiger charge is 2.15. The maximum atomic E-state index is 11.2. The fourth-order valence-electron chi connectivity index (χ4n) is 2.31. The van der Waals surface area contributed by atoms with Gasteiger partial charge in [-0.3, -0.25) is 0 Å². The highest BCUT2D eigenvalue weighted by molar-refractivity contribution is 5.89. The Kier molecular flexibility index (Phi) is 3.88. The SMILES string of the molecule is C=Cn1c(C#CC(=O)OCC)cc2c1CCCC2. The summed E-state index contributed by atoms with van der Waals surface area (Å²) in [5, 5.41) is 0. The summed E-state index contributed by atoms with van der Waals surface area (Å²) in [4.78, 5) is 11.2. The molecule has 0 unspecified atom stereocenters. The van der Waals surface area contributed by atoms with Gasteiger partial charge in [0.05, 0.1) is 12.3 Å². The van der Waals surface area contributed by atoms with Gasteiger partial charge in [-0.25, -0.2) is 4.79 Å². The van der Waals surface area contributed by atoms with Crippen molar-refractivity contribution in [3.05, 3.63) is 29.6 Å². The van der Waals surface area contributed by atoms with Gasteiger partial charge in [-0.1, -0.05) is 6.58 Å². The Labute approximate surface area is 107 Å². The van der Waals surface area contributed by atoms with Crippen molar-refractivity contribution < 1.29 is 9.53 Å². The molecule has 94 valence electrons. The fraction of sp³-hybridized carbons (Fsp3) is 0.400. The average Bonchev–Trinajstić information content (AvgIpc) is 2.74. The maximum absolute atomic E-state index is 11.2. The number of aryl methyl sites for hydroxylation is 1. The first-order valence-electron chi connectivity index (χ1n) is 6.30. The van der Waals surface area contributed by atoms with Crippen LogP contribution in [0.4, 0.5) is 0 Å². The van der Waals surface area contributed by atoms with Crippen LogP contribution in [-0.2, 0) is 22.4 Å². The van der Waals surface area contributed by atoms with Gasteiger partial charge in [0.1, 0.15) is 0 Å². The molecule has 0 spiro atoms. The molecule has 0 saturated carbocycles.